The van der Waals surface area contributed by atoms with Crippen LogP contribution in [0, 0.1) is 0 Å². The Morgan fingerprint density at radius 1 is 0.923 bits per heavy atom. The van der Waals surface area contributed by atoms with Gasteiger partial charge < -0.3 is 0 Å². The number of aromatic nitrogens is 3. The number of alkyl halides is 6. The van der Waals surface area contributed by atoms with E-state index in [4.69, 9.17) is 0 Å². The first-order chi connectivity index (χ1) is 11.8. The van der Waals surface area contributed by atoms with E-state index in [2.05, 4.69) is 19.1 Å². The van der Waals surface area contributed by atoms with Crippen LogP contribution in [0.25, 0.3) is 11.1 Å². The average molecular weight is 401 g/mol. The number of halogens is 6. The molecule has 0 atom stereocenters. The number of hydrogen-bond acceptors (Lipinski definition) is 6. The Kier molecular flexibility index (Phi) is 5.24. The summed E-state index contributed by atoms with van der Waals surface area (Å²) in [6, 6.07) is 0.896. The van der Waals surface area contributed by atoms with Crippen molar-refractivity contribution < 1.29 is 38.9 Å². The molecule has 0 saturated carbocycles. The Hall–Kier alpha value is -2.28. The summed E-state index contributed by atoms with van der Waals surface area (Å²) in [5, 5.41) is 0. The van der Waals surface area contributed by atoms with E-state index in [1.807, 2.05) is 0 Å². The molecular weight excluding hydrogens is 392 g/mol. The average Bonchev–Trinajstić information content (AvgIpc) is 2.50. The Morgan fingerprint density at radius 2 is 1.46 bits per heavy atom. The van der Waals surface area contributed by atoms with Crippen LogP contribution in [0.5, 0.6) is 0 Å². The van der Waals surface area contributed by atoms with E-state index < -0.39 is 46.2 Å². The molecule has 142 valence electrons. The van der Waals surface area contributed by atoms with Crippen LogP contribution in [0.2, 0.25) is 0 Å². The minimum atomic E-state index is -4.88. The van der Waals surface area contributed by atoms with Crippen molar-refractivity contribution in [2.45, 2.75) is 19.0 Å². The van der Waals surface area contributed by atoms with Gasteiger partial charge in [-0.1, -0.05) is 0 Å². The van der Waals surface area contributed by atoms with Gasteiger partial charge in [-0.2, -0.15) is 34.8 Å². The standard InChI is InChI=1S/C13H9F6N3O3S/c1-26(23,24)25-6-8-2-7(3-20-10(8)12(14,15)16)9-4-21-11(22-5-9)13(17,18)19/h2-5H,6H2,1H3. The SMILES string of the molecule is CS(=O)(=O)OCc1cc(-c2cnc(C(F)(F)F)nc2)cnc1C(F)(F)F. The van der Waals surface area contributed by atoms with Crippen molar-refractivity contribution in [1.82, 2.24) is 15.0 Å². The normalized spacial score (nSPS) is 13.0. The molecule has 0 aliphatic carbocycles. The third-order valence-corrected chi connectivity index (χ3v) is 3.45. The number of rotatable bonds is 4. The van der Waals surface area contributed by atoms with E-state index in [0.29, 0.717) is 6.26 Å². The van der Waals surface area contributed by atoms with E-state index in [0.717, 1.165) is 24.7 Å². The maximum atomic E-state index is 13.0. The number of nitrogens with zero attached hydrogens (tertiary/aromatic N) is 3. The van der Waals surface area contributed by atoms with Gasteiger partial charge in [-0.25, -0.2) is 9.97 Å². The van der Waals surface area contributed by atoms with Crippen molar-refractivity contribution >= 4 is 10.1 Å². The van der Waals surface area contributed by atoms with Crippen LogP contribution >= 0.6 is 0 Å². The molecule has 0 bridgehead atoms. The van der Waals surface area contributed by atoms with Crippen molar-refractivity contribution in [3.8, 4) is 11.1 Å². The summed E-state index contributed by atoms with van der Waals surface area (Å²) < 4.78 is 103. The van der Waals surface area contributed by atoms with Crippen molar-refractivity contribution in [1.29, 1.82) is 0 Å². The molecule has 0 N–H and O–H groups in total. The van der Waals surface area contributed by atoms with Gasteiger partial charge in [0.2, 0.25) is 5.82 Å². The molecular formula is C13H9F6N3O3S. The first-order valence-corrected chi connectivity index (χ1v) is 8.39. The zero-order valence-corrected chi connectivity index (χ0v) is 13.6. The summed E-state index contributed by atoms with van der Waals surface area (Å²) in [4.78, 5) is 9.42. The summed E-state index contributed by atoms with van der Waals surface area (Å²) in [7, 11) is -4.03. The lowest BCUT2D eigenvalue weighted by molar-refractivity contribution is -0.145. The molecule has 26 heavy (non-hydrogen) atoms. The summed E-state index contributed by atoms with van der Waals surface area (Å²) >= 11 is 0. The van der Waals surface area contributed by atoms with Gasteiger partial charge >= 0.3 is 12.4 Å². The van der Waals surface area contributed by atoms with Crippen LogP contribution in [-0.4, -0.2) is 29.6 Å². The molecule has 2 aromatic rings. The molecule has 0 unspecified atom stereocenters. The highest BCUT2D eigenvalue weighted by atomic mass is 32.2. The molecule has 6 nitrogen and oxygen atoms in total. The van der Waals surface area contributed by atoms with Gasteiger partial charge in [0.1, 0.15) is 5.69 Å². The van der Waals surface area contributed by atoms with Crippen molar-refractivity contribution in [2.75, 3.05) is 6.26 Å². The van der Waals surface area contributed by atoms with Crippen LogP contribution < -0.4 is 0 Å². The Bertz CT molecular complexity index is 895. The number of pyridine rings is 1. The predicted octanol–water partition coefficient (Wildman–Crippen LogP) is 3.05. The van der Waals surface area contributed by atoms with Gasteiger partial charge in [-0.3, -0.25) is 9.17 Å². The fourth-order valence-electron chi connectivity index (χ4n) is 1.83. The second kappa shape index (κ2) is 6.79. The van der Waals surface area contributed by atoms with Crippen molar-refractivity contribution in [3.05, 3.63) is 41.7 Å². The van der Waals surface area contributed by atoms with Crippen molar-refractivity contribution in [2.24, 2.45) is 0 Å². The van der Waals surface area contributed by atoms with E-state index in [9.17, 15) is 34.8 Å². The minimum Gasteiger partial charge on any atom is -0.265 e. The summed E-state index contributed by atoms with van der Waals surface area (Å²) in [6.45, 7) is -0.948. The van der Waals surface area contributed by atoms with Gasteiger partial charge in [-0.15, -0.1) is 0 Å². The van der Waals surface area contributed by atoms with Gasteiger partial charge in [0.25, 0.3) is 10.1 Å². The molecule has 2 aromatic heterocycles. The molecule has 0 saturated heterocycles. The molecule has 0 aliphatic heterocycles. The lowest BCUT2D eigenvalue weighted by atomic mass is 10.1. The third-order valence-electron chi connectivity index (χ3n) is 2.90. The zero-order chi connectivity index (χ0) is 19.8. The molecule has 0 spiro atoms. The zero-order valence-electron chi connectivity index (χ0n) is 12.8. The van der Waals surface area contributed by atoms with E-state index in [1.165, 1.54) is 0 Å². The molecule has 0 fully saturated rings. The van der Waals surface area contributed by atoms with Crippen LogP contribution in [0.1, 0.15) is 17.1 Å². The van der Waals surface area contributed by atoms with E-state index >= 15 is 0 Å². The topological polar surface area (TPSA) is 82.0 Å². The lowest BCUT2D eigenvalue weighted by Crippen LogP contribution is -2.14. The second-order valence-corrected chi connectivity index (χ2v) is 6.63. The first-order valence-electron chi connectivity index (χ1n) is 6.57. The highest BCUT2D eigenvalue weighted by molar-refractivity contribution is 7.85. The van der Waals surface area contributed by atoms with Gasteiger partial charge in [0.15, 0.2) is 0 Å². The first kappa shape index (κ1) is 20.0. The Morgan fingerprint density at radius 3 is 1.92 bits per heavy atom. The van der Waals surface area contributed by atoms with Gasteiger partial charge in [0.05, 0.1) is 12.9 Å². The molecule has 13 heteroatoms. The monoisotopic (exact) mass is 401 g/mol. The molecule has 0 amide bonds. The second-order valence-electron chi connectivity index (χ2n) is 4.99. The quantitative estimate of drug-likeness (QED) is 0.579. The molecule has 2 rings (SSSR count). The summed E-state index contributed by atoms with van der Waals surface area (Å²) in [5.41, 5.74) is -2.07. The van der Waals surface area contributed by atoms with Crippen LogP contribution in [-0.2, 0) is 33.3 Å². The van der Waals surface area contributed by atoms with Crippen molar-refractivity contribution in [3.63, 3.8) is 0 Å². The maximum Gasteiger partial charge on any atom is 0.451 e. The predicted molar refractivity (Wildman–Crippen MR) is 74.9 cm³/mol. The van der Waals surface area contributed by atoms with Gasteiger partial charge in [0, 0.05) is 35.3 Å². The third kappa shape index (κ3) is 5.11. The smallest absolute Gasteiger partial charge is 0.265 e. The largest absolute Gasteiger partial charge is 0.451 e. The maximum absolute atomic E-state index is 13.0. The fourth-order valence-corrected chi connectivity index (χ4v) is 2.17. The van der Waals surface area contributed by atoms with E-state index in [1.54, 1.807) is 0 Å². The highest BCUT2D eigenvalue weighted by Crippen LogP contribution is 2.33. The number of hydrogen-bond donors (Lipinski definition) is 0. The highest BCUT2D eigenvalue weighted by Gasteiger charge is 2.36. The van der Waals surface area contributed by atoms with Crippen LogP contribution in [0.3, 0.4) is 0 Å². The summed E-state index contributed by atoms with van der Waals surface area (Å²) in [5.74, 6) is -1.42. The lowest BCUT2D eigenvalue weighted by Gasteiger charge is -2.13. The Balaban J connectivity index is 2.44. The summed E-state index contributed by atoms with van der Waals surface area (Å²) in [6.07, 6.45) is -6.71. The molecule has 0 radical (unpaired) electrons. The van der Waals surface area contributed by atoms with Crippen LogP contribution in [0.4, 0.5) is 26.3 Å². The molecule has 0 aliphatic rings. The fraction of sp³-hybridized carbons (Fsp3) is 0.308. The minimum absolute atomic E-state index is 0.0418. The molecule has 0 aromatic carbocycles. The van der Waals surface area contributed by atoms with Gasteiger partial charge in [-0.05, 0) is 6.07 Å². The van der Waals surface area contributed by atoms with E-state index in [-0.39, 0.29) is 11.1 Å². The molecule has 2 heterocycles. The Labute approximate surface area is 143 Å². The van der Waals surface area contributed by atoms with Crippen LogP contribution in [0.15, 0.2) is 24.7 Å².